The zero-order chi connectivity index (χ0) is 31.2. The Labute approximate surface area is 250 Å². The van der Waals surface area contributed by atoms with E-state index >= 15 is 0 Å². The average molecular weight is 628 g/mol. The van der Waals surface area contributed by atoms with Crippen LogP contribution in [0.25, 0.3) is 11.2 Å². The van der Waals surface area contributed by atoms with E-state index in [2.05, 4.69) is 40.8 Å². The molecular formula is C26H29N9O8S. The second-order valence-corrected chi connectivity index (χ2v) is 12.2. The molecule has 4 atom stereocenters. The van der Waals surface area contributed by atoms with E-state index in [1.54, 1.807) is 25.3 Å². The molecule has 0 unspecified atom stereocenters. The highest BCUT2D eigenvalue weighted by molar-refractivity contribution is 7.92. The summed E-state index contributed by atoms with van der Waals surface area (Å²) in [7, 11) is -3.92. The number of fused-ring (bicyclic) bond motifs is 2. The molecule has 5 heterocycles. The van der Waals surface area contributed by atoms with Crippen LogP contribution in [-0.2, 0) is 29.0 Å². The van der Waals surface area contributed by atoms with Gasteiger partial charge in [-0.1, -0.05) is 5.16 Å². The molecule has 0 aliphatic carbocycles. The Kier molecular flexibility index (Phi) is 7.44. The first kappa shape index (κ1) is 29.4. The van der Waals surface area contributed by atoms with Crippen LogP contribution < -0.4 is 20.7 Å². The van der Waals surface area contributed by atoms with Gasteiger partial charge in [-0.25, -0.2) is 28.2 Å². The Bertz CT molecular complexity index is 1820. The summed E-state index contributed by atoms with van der Waals surface area (Å²) in [5.41, 5.74) is 0.906. The van der Waals surface area contributed by atoms with Crippen LogP contribution in [0, 0.1) is 6.92 Å². The monoisotopic (exact) mass is 627 g/mol. The predicted octanol–water partition coefficient (Wildman–Crippen LogP) is 2.12. The SMILES string of the molecule is CCNC(=O)[C@H]1O[C@@H](n2cnc3c(NC(=O)Nc4ccc(S(=O)(=O)Nc5cc(C)on5)cc4)ncnc32)[C@@H]2OC(C)(C)O[C@@H]21. The largest absolute Gasteiger partial charge is 0.360 e. The Morgan fingerprint density at radius 1 is 1.05 bits per heavy atom. The van der Waals surface area contributed by atoms with E-state index in [1.165, 1.54) is 43.0 Å². The fraction of sp³-hybridized carbons (Fsp3) is 0.385. The first-order valence-corrected chi connectivity index (χ1v) is 15.0. The number of sulfonamides is 1. The fourth-order valence-electron chi connectivity index (χ4n) is 5.01. The third-order valence-electron chi connectivity index (χ3n) is 6.79. The van der Waals surface area contributed by atoms with Crippen molar-refractivity contribution >= 4 is 50.4 Å². The molecule has 2 fully saturated rings. The number of hydrogen-bond acceptors (Lipinski definition) is 12. The number of nitrogens with zero attached hydrogens (tertiary/aromatic N) is 5. The summed E-state index contributed by atoms with van der Waals surface area (Å²) in [6.45, 7) is 7.39. The molecule has 0 saturated carbocycles. The van der Waals surface area contributed by atoms with Crippen LogP contribution in [0.1, 0.15) is 32.8 Å². The summed E-state index contributed by atoms with van der Waals surface area (Å²) in [4.78, 5) is 38.4. The molecule has 0 radical (unpaired) electrons. The van der Waals surface area contributed by atoms with E-state index in [1.807, 2.05) is 6.92 Å². The van der Waals surface area contributed by atoms with Crippen molar-refractivity contribution in [3.8, 4) is 0 Å². The maximum Gasteiger partial charge on any atom is 0.324 e. The standard InChI is InChI=1S/C26H29N9O8S/c1-5-27-23(36)19-18-20(42-26(3,4)41-18)24(40-19)35-12-30-17-21(28-11-29-22(17)35)32-25(37)31-14-6-8-15(9-7-14)44(38,39)34-16-10-13(2)43-33-16/h6-12,18-20,24H,5H2,1-4H3,(H,27,36)(H,33,34)(H2,28,29,31,32,37)/t18-,19+,20-,24-/m1/s1. The first-order chi connectivity index (χ1) is 20.9. The molecule has 3 amide bonds. The van der Waals surface area contributed by atoms with Gasteiger partial charge >= 0.3 is 6.03 Å². The quantitative estimate of drug-likeness (QED) is 0.221. The number of urea groups is 1. The van der Waals surface area contributed by atoms with Crippen molar-refractivity contribution in [3.05, 3.63) is 48.7 Å². The summed E-state index contributed by atoms with van der Waals surface area (Å²) < 4.78 is 52.2. The molecule has 2 saturated heterocycles. The number of rotatable bonds is 8. The highest BCUT2D eigenvalue weighted by Crippen LogP contribution is 2.44. The molecule has 3 aromatic heterocycles. The lowest BCUT2D eigenvalue weighted by Gasteiger charge is -2.24. The van der Waals surface area contributed by atoms with Crippen LogP contribution in [0.15, 0.2) is 52.4 Å². The normalized spacial score (nSPS) is 22.5. The second kappa shape index (κ2) is 11.1. The summed E-state index contributed by atoms with van der Waals surface area (Å²) >= 11 is 0. The first-order valence-electron chi connectivity index (χ1n) is 13.5. The Hall–Kier alpha value is -4.65. The molecule has 0 bridgehead atoms. The highest BCUT2D eigenvalue weighted by Gasteiger charge is 2.58. The van der Waals surface area contributed by atoms with Crippen molar-refractivity contribution in [2.45, 2.75) is 62.9 Å². The Morgan fingerprint density at radius 2 is 1.80 bits per heavy atom. The number of benzene rings is 1. The van der Waals surface area contributed by atoms with Gasteiger partial charge in [-0.3, -0.25) is 19.4 Å². The van der Waals surface area contributed by atoms with Gasteiger partial charge in [-0.2, -0.15) is 0 Å². The Balaban J connectivity index is 1.16. The topological polar surface area (TPSA) is 214 Å². The lowest BCUT2D eigenvalue weighted by Crippen LogP contribution is -2.42. The summed E-state index contributed by atoms with van der Waals surface area (Å²) in [5, 5.41) is 11.6. The minimum atomic E-state index is -3.92. The van der Waals surface area contributed by atoms with Crippen LogP contribution in [0.3, 0.4) is 0 Å². The van der Waals surface area contributed by atoms with Crippen LogP contribution >= 0.6 is 0 Å². The van der Waals surface area contributed by atoms with Gasteiger partial charge in [0.1, 0.15) is 24.3 Å². The maximum atomic E-state index is 12.8. The van der Waals surface area contributed by atoms with Crippen molar-refractivity contribution < 1.29 is 36.7 Å². The van der Waals surface area contributed by atoms with Crippen molar-refractivity contribution in [1.29, 1.82) is 0 Å². The maximum absolute atomic E-state index is 12.8. The number of carbonyl (C=O) groups is 2. The van der Waals surface area contributed by atoms with E-state index < -0.39 is 46.4 Å². The molecule has 4 N–H and O–H groups in total. The van der Waals surface area contributed by atoms with Crippen molar-refractivity contribution in [1.82, 2.24) is 30.0 Å². The van der Waals surface area contributed by atoms with Crippen molar-refractivity contribution in [3.63, 3.8) is 0 Å². The smallest absolute Gasteiger partial charge is 0.324 e. The number of hydrogen-bond donors (Lipinski definition) is 4. The highest BCUT2D eigenvalue weighted by atomic mass is 32.2. The van der Waals surface area contributed by atoms with E-state index in [0.717, 1.165) is 0 Å². The van der Waals surface area contributed by atoms with Gasteiger partial charge in [-0.15, -0.1) is 0 Å². The zero-order valence-corrected chi connectivity index (χ0v) is 24.8. The van der Waals surface area contributed by atoms with Gasteiger partial charge < -0.3 is 29.4 Å². The van der Waals surface area contributed by atoms with Gasteiger partial charge in [0.05, 0.1) is 11.2 Å². The number of carbonyl (C=O) groups excluding carboxylic acids is 2. The van der Waals surface area contributed by atoms with Crippen molar-refractivity contribution in [2.75, 3.05) is 21.9 Å². The second-order valence-electron chi connectivity index (χ2n) is 10.5. The number of likely N-dealkylation sites (N-methyl/N-ethyl adjacent to an activating group) is 1. The van der Waals surface area contributed by atoms with Crippen molar-refractivity contribution in [2.24, 2.45) is 0 Å². The van der Waals surface area contributed by atoms with Gasteiger partial charge in [-0.05, 0) is 52.0 Å². The van der Waals surface area contributed by atoms with E-state index in [4.69, 9.17) is 18.7 Å². The van der Waals surface area contributed by atoms with E-state index in [-0.39, 0.29) is 28.0 Å². The fourth-order valence-corrected chi connectivity index (χ4v) is 6.00. The summed E-state index contributed by atoms with van der Waals surface area (Å²) in [6, 6.07) is 6.30. The number of aryl methyl sites for hydroxylation is 1. The molecule has 2 aliphatic heterocycles. The number of nitrogens with one attached hydrogen (secondary N) is 4. The number of amides is 3. The molecule has 1 aromatic carbocycles. The molecule has 17 nitrogen and oxygen atoms in total. The third-order valence-corrected chi connectivity index (χ3v) is 8.16. The number of aromatic nitrogens is 5. The minimum Gasteiger partial charge on any atom is -0.360 e. The molecule has 4 aromatic rings. The molecule has 18 heteroatoms. The molecule has 0 spiro atoms. The van der Waals surface area contributed by atoms with Gasteiger partial charge in [0.25, 0.3) is 15.9 Å². The zero-order valence-electron chi connectivity index (χ0n) is 24.0. The van der Waals surface area contributed by atoms with Gasteiger partial charge in [0.15, 0.2) is 40.9 Å². The van der Waals surface area contributed by atoms with Crippen LogP contribution in [-0.4, -0.2) is 75.7 Å². The van der Waals surface area contributed by atoms with Crippen LogP contribution in [0.4, 0.5) is 22.1 Å². The third kappa shape index (κ3) is 5.66. The van der Waals surface area contributed by atoms with Crippen LogP contribution in [0.2, 0.25) is 0 Å². The van der Waals surface area contributed by atoms with Gasteiger partial charge in [0, 0.05) is 18.3 Å². The lowest BCUT2D eigenvalue weighted by molar-refractivity contribution is -0.197. The van der Waals surface area contributed by atoms with E-state index in [0.29, 0.717) is 23.6 Å². The number of ether oxygens (including phenoxy) is 3. The number of imidazole rings is 1. The molecule has 6 rings (SSSR count). The Morgan fingerprint density at radius 3 is 2.50 bits per heavy atom. The molecule has 2 aliphatic rings. The average Bonchev–Trinajstić information content (AvgIpc) is 3.72. The summed E-state index contributed by atoms with van der Waals surface area (Å²) in [5.74, 6) is -0.648. The molecule has 232 valence electrons. The molecule has 44 heavy (non-hydrogen) atoms. The lowest BCUT2D eigenvalue weighted by atomic mass is 10.1. The number of anilines is 3. The predicted molar refractivity (Wildman–Crippen MR) is 153 cm³/mol. The van der Waals surface area contributed by atoms with Crippen LogP contribution in [0.5, 0.6) is 0 Å². The molecular weight excluding hydrogens is 598 g/mol. The summed E-state index contributed by atoms with van der Waals surface area (Å²) in [6.07, 6.45) is -0.291. The van der Waals surface area contributed by atoms with E-state index in [9.17, 15) is 18.0 Å². The minimum absolute atomic E-state index is 0.0435. The van der Waals surface area contributed by atoms with Gasteiger partial charge in [0.2, 0.25) is 0 Å².